The number of ether oxygens (including phenoxy) is 1. The predicted octanol–water partition coefficient (Wildman–Crippen LogP) is 3.69. The fourth-order valence-electron chi connectivity index (χ4n) is 3.19. The maximum atomic E-state index is 11.9. The van der Waals surface area contributed by atoms with Gasteiger partial charge in [0.2, 0.25) is 0 Å². The van der Waals surface area contributed by atoms with E-state index in [1.807, 2.05) is 31.2 Å². The van der Waals surface area contributed by atoms with Gasteiger partial charge in [0.15, 0.2) is 0 Å². The second-order valence-corrected chi connectivity index (χ2v) is 6.10. The minimum absolute atomic E-state index is 0.0735. The van der Waals surface area contributed by atoms with Crippen molar-refractivity contribution in [2.24, 2.45) is 0 Å². The summed E-state index contributed by atoms with van der Waals surface area (Å²) in [6.07, 6.45) is 0.423. The topological polar surface area (TPSA) is 58.6 Å². The summed E-state index contributed by atoms with van der Waals surface area (Å²) < 4.78 is 5.42. The Labute approximate surface area is 142 Å². The van der Waals surface area contributed by atoms with Crippen LogP contribution in [0.15, 0.2) is 48.5 Å². The van der Waals surface area contributed by atoms with Gasteiger partial charge in [0.1, 0.15) is 6.61 Å². The van der Waals surface area contributed by atoms with Gasteiger partial charge in [-0.25, -0.2) is 4.79 Å². The number of hydrogen-bond donors (Lipinski definition) is 2. The zero-order valence-electron chi connectivity index (χ0n) is 13.9. The number of amides is 1. The van der Waals surface area contributed by atoms with E-state index < -0.39 is 6.09 Å². The van der Waals surface area contributed by atoms with Gasteiger partial charge in [-0.3, -0.25) is 0 Å². The molecule has 1 atom stereocenters. The second-order valence-electron chi connectivity index (χ2n) is 6.10. The fraction of sp³-hybridized carbons (Fsp3) is 0.350. The Balaban J connectivity index is 1.62. The number of benzene rings is 2. The summed E-state index contributed by atoms with van der Waals surface area (Å²) in [5.74, 6) is 0.0735. The molecule has 4 heteroatoms. The van der Waals surface area contributed by atoms with E-state index in [-0.39, 0.29) is 12.0 Å². The number of carbonyl (C=O) groups is 1. The third-order valence-corrected chi connectivity index (χ3v) is 4.56. The number of hydrogen-bond acceptors (Lipinski definition) is 3. The average molecular weight is 325 g/mol. The summed E-state index contributed by atoms with van der Waals surface area (Å²) in [6.45, 7) is 2.65. The lowest BCUT2D eigenvalue weighted by Crippen LogP contribution is -2.28. The standard InChI is InChI=1S/C20H23NO3/c1-2-14(22)11-12-21-20(23)24-13-19-17-9-5-3-7-15(17)16-8-4-6-10-18(16)19/h3-10,14,19,22H,2,11-13H2,1H3,(H,21,23). The largest absolute Gasteiger partial charge is 0.449 e. The van der Waals surface area contributed by atoms with Crippen molar-refractivity contribution < 1.29 is 14.6 Å². The average Bonchev–Trinajstić information content (AvgIpc) is 2.94. The minimum atomic E-state index is -0.430. The summed E-state index contributed by atoms with van der Waals surface area (Å²) in [5.41, 5.74) is 4.84. The van der Waals surface area contributed by atoms with Gasteiger partial charge in [-0.05, 0) is 35.1 Å². The van der Waals surface area contributed by atoms with E-state index in [0.29, 0.717) is 26.0 Å². The Hall–Kier alpha value is -2.33. The molecule has 3 rings (SSSR count). The molecule has 0 radical (unpaired) electrons. The number of carbonyl (C=O) groups excluding carboxylic acids is 1. The van der Waals surface area contributed by atoms with Crippen molar-refractivity contribution in [3.63, 3.8) is 0 Å². The Morgan fingerprint density at radius 2 is 1.71 bits per heavy atom. The van der Waals surface area contributed by atoms with Crippen molar-refractivity contribution in [2.75, 3.05) is 13.2 Å². The van der Waals surface area contributed by atoms with E-state index in [9.17, 15) is 9.90 Å². The first-order valence-corrected chi connectivity index (χ1v) is 8.47. The Morgan fingerprint density at radius 3 is 2.29 bits per heavy atom. The molecule has 0 spiro atoms. The lowest BCUT2D eigenvalue weighted by atomic mass is 9.98. The molecule has 2 aromatic rings. The third kappa shape index (κ3) is 3.44. The van der Waals surface area contributed by atoms with Gasteiger partial charge in [-0.15, -0.1) is 0 Å². The number of rotatable bonds is 6. The smallest absolute Gasteiger partial charge is 0.407 e. The SMILES string of the molecule is CCC(O)CCNC(=O)OCC1c2ccccc2-c2ccccc21. The molecule has 1 unspecified atom stereocenters. The second kappa shape index (κ2) is 7.49. The van der Waals surface area contributed by atoms with E-state index in [0.717, 1.165) is 0 Å². The lowest BCUT2D eigenvalue weighted by molar-refractivity contribution is 0.135. The van der Waals surface area contributed by atoms with E-state index >= 15 is 0 Å². The van der Waals surface area contributed by atoms with Crippen LogP contribution in [-0.2, 0) is 4.74 Å². The molecule has 0 aromatic heterocycles. The first-order chi connectivity index (χ1) is 11.7. The van der Waals surface area contributed by atoms with Gasteiger partial charge in [0.25, 0.3) is 0 Å². The summed E-state index contributed by atoms with van der Waals surface area (Å²) in [6, 6.07) is 16.5. The summed E-state index contributed by atoms with van der Waals surface area (Å²) in [4.78, 5) is 11.9. The van der Waals surface area contributed by atoms with Crippen LogP contribution in [0.2, 0.25) is 0 Å². The van der Waals surface area contributed by atoms with Crippen LogP contribution in [0.4, 0.5) is 4.79 Å². The monoisotopic (exact) mass is 325 g/mol. The van der Waals surface area contributed by atoms with Gasteiger partial charge in [-0.1, -0.05) is 55.5 Å². The molecule has 0 bridgehead atoms. The predicted molar refractivity (Wildman–Crippen MR) is 94.0 cm³/mol. The van der Waals surface area contributed by atoms with Gasteiger partial charge in [0, 0.05) is 12.5 Å². The molecule has 0 saturated heterocycles. The zero-order chi connectivity index (χ0) is 16.9. The molecule has 2 N–H and O–H groups in total. The van der Waals surface area contributed by atoms with Crippen LogP contribution in [0.1, 0.15) is 36.8 Å². The van der Waals surface area contributed by atoms with Crippen molar-refractivity contribution in [3.05, 3.63) is 59.7 Å². The molecular formula is C20H23NO3. The van der Waals surface area contributed by atoms with Crippen LogP contribution < -0.4 is 5.32 Å². The quantitative estimate of drug-likeness (QED) is 0.851. The molecule has 0 fully saturated rings. The Morgan fingerprint density at radius 1 is 1.12 bits per heavy atom. The summed E-state index contributed by atoms with van der Waals surface area (Å²) in [7, 11) is 0. The molecule has 1 aliphatic carbocycles. The highest BCUT2D eigenvalue weighted by Crippen LogP contribution is 2.44. The number of fused-ring (bicyclic) bond motifs is 3. The van der Waals surface area contributed by atoms with E-state index in [1.165, 1.54) is 22.3 Å². The van der Waals surface area contributed by atoms with Gasteiger partial charge >= 0.3 is 6.09 Å². The van der Waals surface area contributed by atoms with Crippen LogP contribution in [-0.4, -0.2) is 30.5 Å². The maximum absolute atomic E-state index is 11.9. The first-order valence-electron chi connectivity index (χ1n) is 8.47. The highest BCUT2D eigenvalue weighted by molar-refractivity contribution is 5.79. The number of aliphatic hydroxyl groups is 1. The number of nitrogens with one attached hydrogen (secondary N) is 1. The van der Waals surface area contributed by atoms with Crippen LogP contribution in [0.25, 0.3) is 11.1 Å². The van der Waals surface area contributed by atoms with Crippen molar-refractivity contribution in [1.82, 2.24) is 5.32 Å². The zero-order valence-corrected chi connectivity index (χ0v) is 13.9. The summed E-state index contributed by atoms with van der Waals surface area (Å²) in [5, 5.41) is 12.2. The van der Waals surface area contributed by atoms with Gasteiger partial charge in [0.05, 0.1) is 6.10 Å². The van der Waals surface area contributed by atoms with E-state index in [1.54, 1.807) is 0 Å². The minimum Gasteiger partial charge on any atom is -0.449 e. The van der Waals surface area contributed by atoms with Gasteiger partial charge in [-0.2, -0.15) is 0 Å². The molecule has 126 valence electrons. The lowest BCUT2D eigenvalue weighted by Gasteiger charge is -2.15. The highest BCUT2D eigenvalue weighted by Gasteiger charge is 2.28. The third-order valence-electron chi connectivity index (χ3n) is 4.56. The highest BCUT2D eigenvalue weighted by atomic mass is 16.5. The van der Waals surface area contributed by atoms with Crippen molar-refractivity contribution >= 4 is 6.09 Å². The van der Waals surface area contributed by atoms with Crippen LogP contribution >= 0.6 is 0 Å². The fourth-order valence-corrected chi connectivity index (χ4v) is 3.19. The van der Waals surface area contributed by atoms with Crippen molar-refractivity contribution in [2.45, 2.75) is 31.8 Å². The molecule has 4 nitrogen and oxygen atoms in total. The van der Waals surface area contributed by atoms with Gasteiger partial charge < -0.3 is 15.2 Å². The van der Waals surface area contributed by atoms with E-state index in [4.69, 9.17) is 4.74 Å². The van der Waals surface area contributed by atoms with E-state index in [2.05, 4.69) is 29.6 Å². The van der Waals surface area contributed by atoms with Crippen LogP contribution in [0, 0.1) is 0 Å². The molecule has 0 saturated carbocycles. The summed E-state index contributed by atoms with van der Waals surface area (Å²) >= 11 is 0. The molecule has 0 aliphatic heterocycles. The maximum Gasteiger partial charge on any atom is 0.407 e. The normalized spacial score (nSPS) is 13.9. The molecule has 1 aliphatic rings. The van der Waals surface area contributed by atoms with Crippen LogP contribution in [0.5, 0.6) is 0 Å². The molecule has 24 heavy (non-hydrogen) atoms. The Bertz CT molecular complexity index is 668. The molecule has 1 amide bonds. The number of aliphatic hydroxyl groups excluding tert-OH is 1. The Kier molecular flexibility index (Phi) is 5.16. The number of alkyl carbamates (subject to hydrolysis) is 1. The molecule has 2 aromatic carbocycles. The van der Waals surface area contributed by atoms with Crippen LogP contribution in [0.3, 0.4) is 0 Å². The van der Waals surface area contributed by atoms with Crippen molar-refractivity contribution in [1.29, 1.82) is 0 Å². The first kappa shape index (κ1) is 16.5. The molecular weight excluding hydrogens is 302 g/mol. The molecule has 0 heterocycles. The van der Waals surface area contributed by atoms with Crippen molar-refractivity contribution in [3.8, 4) is 11.1 Å².